The van der Waals surface area contributed by atoms with E-state index in [1.165, 1.54) is 6.08 Å². The van der Waals surface area contributed by atoms with Crippen LogP contribution in [0.4, 0.5) is 0 Å². The van der Waals surface area contributed by atoms with Gasteiger partial charge in [0.05, 0.1) is 5.41 Å². The molecule has 0 atom stereocenters. The van der Waals surface area contributed by atoms with E-state index in [-0.39, 0.29) is 11.4 Å². The first kappa shape index (κ1) is 13.0. The molecule has 18 heavy (non-hydrogen) atoms. The fraction of sp³-hybridized carbons (Fsp3) is 0.667. The van der Waals surface area contributed by atoms with Crippen LogP contribution >= 0.6 is 0 Å². The zero-order valence-corrected chi connectivity index (χ0v) is 10.2. The Bertz CT molecular complexity index is 367. The number of nitrogens with two attached hydrogens (primary N) is 2. The summed E-state index contributed by atoms with van der Waals surface area (Å²) >= 11 is 0. The average molecular weight is 254 g/mol. The van der Waals surface area contributed by atoms with Crippen LogP contribution in [0, 0.1) is 10.8 Å². The molecule has 4 N–H and O–H groups in total. The smallest absolute Gasteiger partial charge is 0.348 e. The highest BCUT2D eigenvalue weighted by atomic mass is 16.7. The quantitative estimate of drug-likeness (QED) is 0.568. The summed E-state index contributed by atoms with van der Waals surface area (Å²) in [4.78, 5) is 31.2. The van der Waals surface area contributed by atoms with Gasteiger partial charge in [0.2, 0.25) is 0 Å². The first-order valence-corrected chi connectivity index (χ1v) is 6.07. The monoisotopic (exact) mass is 254 g/mol. The largest absolute Gasteiger partial charge is 0.373 e. The molecule has 3 fully saturated rings. The van der Waals surface area contributed by atoms with Crippen LogP contribution in [-0.2, 0) is 19.3 Å². The van der Waals surface area contributed by atoms with Crippen molar-refractivity contribution in [2.24, 2.45) is 22.6 Å². The third kappa shape index (κ3) is 2.13. The fourth-order valence-electron chi connectivity index (χ4n) is 3.18. The summed E-state index contributed by atoms with van der Waals surface area (Å²) in [6.07, 6.45) is 8.09. The summed E-state index contributed by atoms with van der Waals surface area (Å²) in [6, 6.07) is 0. The van der Waals surface area contributed by atoms with E-state index < -0.39 is 11.4 Å². The standard InChI is InChI=1S/C12H18N2O4/c13-17-9(15)1-2-11-3-6-12(7-4-11,8-5-11)10(16)18-14/h1-2H,3-8,13-14H2/b2-1+. The Morgan fingerprint density at radius 1 is 0.944 bits per heavy atom. The van der Waals surface area contributed by atoms with Crippen molar-refractivity contribution in [1.82, 2.24) is 0 Å². The van der Waals surface area contributed by atoms with Gasteiger partial charge in [0.15, 0.2) is 0 Å². The second-order valence-corrected chi connectivity index (χ2v) is 5.32. The number of carbonyl (C=O) groups excluding carboxylic acids is 2. The molecule has 2 bridgehead atoms. The molecule has 0 aromatic carbocycles. The van der Waals surface area contributed by atoms with Gasteiger partial charge in [-0.2, -0.15) is 11.8 Å². The van der Waals surface area contributed by atoms with Gasteiger partial charge < -0.3 is 9.68 Å². The predicted octanol–water partition coefficient (Wildman–Crippen LogP) is 0.717. The molecular weight excluding hydrogens is 236 g/mol. The Balaban J connectivity index is 2.06. The lowest BCUT2D eigenvalue weighted by Gasteiger charge is -2.50. The molecule has 3 aliphatic rings. The minimum absolute atomic E-state index is 0.00911. The van der Waals surface area contributed by atoms with Gasteiger partial charge in [-0.1, -0.05) is 6.08 Å². The summed E-state index contributed by atoms with van der Waals surface area (Å²) < 4.78 is 0. The van der Waals surface area contributed by atoms with Crippen molar-refractivity contribution >= 4 is 11.9 Å². The van der Waals surface area contributed by atoms with E-state index in [1.54, 1.807) is 0 Å². The topological polar surface area (TPSA) is 105 Å². The molecule has 3 rings (SSSR count). The Morgan fingerprint density at radius 3 is 1.94 bits per heavy atom. The van der Waals surface area contributed by atoms with Gasteiger partial charge in [0.1, 0.15) is 0 Å². The molecule has 0 radical (unpaired) electrons. The van der Waals surface area contributed by atoms with Crippen LogP contribution in [0.5, 0.6) is 0 Å². The van der Waals surface area contributed by atoms with E-state index in [9.17, 15) is 9.59 Å². The molecule has 3 aliphatic carbocycles. The summed E-state index contributed by atoms with van der Waals surface area (Å²) in [5.41, 5.74) is -0.413. The second-order valence-electron chi connectivity index (χ2n) is 5.32. The molecule has 0 aromatic heterocycles. The number of carbonyl (C=O) groups is 2. The lowest BCUT2D eigenvalue weighted by Crippen LogP contribution is -2.46. The van der Waals surface area contributed by atoms with Crippen molar-refractivity contribution < 1.29 is 19.3 Å². The van der Waals surface area contributed by atoms with Gasteiger partial charge in [-0.05, 0) is 43.9 Å². The molecule has 0 aliphatic heterocycles. The molecule has 3 saturated carbocycles. The molecule has 100 valence electrons. The highest BCUT2D eigenvalue weighted by Gasteiger charge is 2.52. The Morgan fingerprint density at radius 2 is 1.50 bits per heavy atom. The third-order valence-corrected chi connectivity index (χ3v) is 4.53. The Labute approximate surface area is 105 Å². The third-order valence-electron chi connectivity index (χ3n) is 4.53. The van der Waals surface area contributed by atoms with Crippen LogP contribution in [-0.4, -0.2) is 11.9 Å². The summed E-state index contributed by atoms with van der Waals surface area (Å²) in [5, 5.41) is 0. The van der Waals surface area contributed by atoms with Crippen LogP contribution in [0.2, 0.25) is 0 Å². The molecule has 0 amide bonds. The van der Waals surface area contributed by atoms with Crippen molar-refractivity contribution in [3.05, 3.63) is 12.2 Å². The first-order chi connectivity index (χ1) is 8.56. The zero-order chi connectivity index (χ0) is 13.2. The Hall–Kier alpha value is -1.40. The Kier molecular flexibility index (Phi) is 3.41. The number of hydrogen-bond donors (Lipinski definition) is 2. The predicted molar refractivity (Wildman–Crippen MR) is 62.3 cm³/mol. The van der Waals surface area contributed by atoms with Crippen LogP contribution in [0.15, 0.2) is 12.2 Å². The van der Waals surface area contributed by atoms with Crippen LogP contribution in [0.1, 0.15) is 38.5 Å². The zero-order valence-electron chi connectivity index (χ0n) is 10.2. The molecule has 0 saturated heterocycles. The van der Waals surface area contributed by atoms with Crippen molar-refractivity contribution in [2.45, 2.75) is 38.5 Å². The van der Waals surface area contributed by atoms with Crippen molar-refractivity contribution in [3.8, 4) is 0 Å². The number of fused-ring (bicyclic) bond motifs is 3. The minimum atomic E-state index is -0.548. The molecule has 6 nitrogen and oxygen atoms in total. The van der Waals surface area contributed by atoms with Crippen LogP contribution in [0.25, 0.3) is 0 Å². The van der Waals surface area contributed by atoms with E-state index in [1.807, 2.05) is 6.08 Å². The lowest BCUT2D eigenvalue weighted by atomic mass is 9.53. The van der Waals surface area contributed by atoms with Gasteiger partial charge in [0, 0.05) is 6.08 Å². The molecular formula is C12H18N2O4. The molecule has 0 unspecified atom stereocenters. The van der Waals surface area contributed by atoms with Crippen molar-refractivity contribution in [1.29, 1.82) is 0 Å². The highest BCUT2D eigenvalue weighted by Crippen LogP contribution is 2.57. The van der Waals surface area contributed by atoms with Crippen LogP contribution < -0.4 is 11.8 Å². The SMILES string of the molecule is NOC(=O)/C=C/C12CCC(C(=O)ON)(CC1)CC2. The van der Waals surface area contributed by atoms with Gasteiger partial charge >= 0.3 is 11.9 Å². The first-order valence-electron chi connectivity index (χ1n) is 6.07. The van der Waals surface area contributed by atoms with Gasteiger partial charge in [-0.15, -0.1) is 0 Å². The van der Waals surface area contributed by atoms with Crippen molar-refractivity contribution in [2.75, 3.05) is 0 Å². The van der Waals surface area contributed by atoms with E-state index in [4.69, 9.17) is 11.8 Å². The van der Waals surface area contributed by atoms with E-state index in [2.05, 4.69) is 9.68 Å². The summed E-state index contributed by atoms with van der Waals surface area (Å²) in [5.74, 6) is 8.92. The number of allylic oxidation sites excluding steroid dienone is 1. The highest BCUT2D eigenvalue weighted by molar-refractivity contribution is 5.81. The second kappa shape index (κ2) is 4.70. The normalized spacial score (nSPS) is 34.6. The number of hydrogen-bond acceptors (Lipinski definition) is 6. The van der Waals surface area contributed by atoms with E-state index in [0.717, 1.165) is 38.5 Å². The summed E-state index contributed by atoms with van der Waals surface area (Å²) in [6.45, 7) is 0. The van der Waals surface area contributed by atoms with E-state index in [0.29, 0.717) is 0 Å². The van der Waals surface area contributed by atoms with Gasteiger partial charge in [-0.3, -0.25) is 0 Å². The van der Waals surface area contributed by atoms with Gasteiger partial charge in [0.25, 0.3) is 0 Å². The van der Waals surface area contributed by atoms with Crippen LogP contribution in [0.3, 0.4) is 0 Å². The minimum Gasteiger partial charge on any atom is -0.373 e. The molecule has 0 aromatic rings. The number of rotatable bonds is 3. The summed E-state index contributed by atoms with van der Waals surface area (Å²) in [7, 11) is 0. The molecule has 0 heterocycles. The average Bonchev–Trinajstić information content (AvgIpc) is 2.45. The van der Waals surface area contributed by atoms with Crippen molar-refractivity contribution in [3.63, 3.8) is 0 Å². The lowest BCUT2D eigenvalue weighted by molar-refractivity contribution is -0.165. The maximum Gasteiger partial charge on any atom is 0.348 e. The fourth-order valence-corrected chi connectivity index (χ4v) is 3.18. The molecule has 6 heteroatoms. The van der Waals surface area contributed by atoms with E-state index >= 15 is 0 Å². The molecule has 0 spiro atoms. The maximum absolute atomic E-state index is 11.7. The van der Waals surface area contributed by atoms with Gasteiger partial charge in [-0.25, -0.2) is 9.59 Å². The maximum atomic E-state index is 11.7.